The first kappa shape index (κ1) is 24.6. The molecule has 1 heterocycles. The molecule has 0 aliphatic heterocycles. The van der Waals surface area contributed by atoms with Crippen LogP contribution in [-0.4, -0.2) is 50.7 Å². The zero-order valence-electron chi connectivity index (χ0n) is 17.9. The molecule has 1 aromatic carbocycles. The van der Waals surface area contributed by atoms with Gasteiger partial charge in [-0.1, -0.05) is 23.2 Å². The zero-order valence-corrected chi connectivity index (χ0v) is 19.4. The lowest BCUT2D eigenvalue weighted by Gasteiger charge is -2.56. The number of nitrogens with zero attached hydrogens (tertiary/aromatic N) is 2. The summed E-state index contributed by atoms with van der Waals surface area (Å²) < 4.78 is 30.8. The molecule has 3 fully saturated rings. The van der Waals surface area contributed by atoms with Crippen LogP contribution in [0.1, 0.15) is 54.7 Å². The first-order chi connectivity index (χ1) is 16.1. The van der Waals surface area contributed by atoms with Crippen LogP contribution in [0.25, 0.3) is 0 Å². The van der Waals surface area contributed by atoms with E-state index < -0.39 is 41.1 Å². The van der Waals surface area contributed by atoms with Crippen molar-refractivity contribution in [3.05, 3.63) is 52.0 Å². The predicted molar refractivity (Wildman–Crippen MR) is 119 cm³/mol. The molecule has 12 heteroatoms. The Morgan fingerprint density at radius 3 is 2.44 bits per heavy atom. The second-order valence-corrected chi connectivity index (χ2v) is 9.46. The molecular weight excluding hydrogens is 493 g/mol. The minimum absolute atomic E-state index is 0.0802. The van der Waals surface area contributed by atoms with Crippen molar-refractivity contribution in [3.63, 3.8) is 0 Å². The molecule has 2 amide bonds. The topological polar surface area (TPSA) is 113 Å². The van der Waals surface area contributed by atoms with Crippen molar-refractivity contribution < 1.29 is 28.2 Å². The van der Waals surface area contributed by atoms with Gasteiger partial charge in [-0.2, -0.15) is 0 Å². The Bertz CT molecular complexity index is 1080. The Balaban J connectivity index is 1.34. The Kier molecular flexibility index (Phi) is 6.93. The maximum Gasteiger partial charge on any atom is 0.281 e. The van der Waals surface area contributed by atoms with E-state index in [9.17, 15) is 23.5 Å². The molecule has 1 atom stereocenters. The first-order valence-electron chi connectivity index (χ1n) is 10.6. The van der Waals surface area contributed by atoms with E-state index in [-0.39, 0.29) is 18.7 Å². The van der Waals surface area contributed by atoms with Crippen LogP contribution in [-0.2, 0) is 4.79 Å². The molecule has 34 heavy (non-hydrogen) atoms. The summed E-state index contributed by atoms with van der Waals surface area (Å²) in [5.41, 5.74) is -2.08. The largest absolute Gasteiger partial charge is 0.484 e. The zero-order chi connectivity index (χ0) is 24.5. The Labute approximate surface area is 204 Å². The minimum Gasteiger partial charge on any atom is -0.484 e. The molecule has 0 spiro atoms. The van der Waals surface area contributed by atoms with E-state index in [1.165, 1.54) is 6.07 Å². The molecule has 5 rings (SSSR count). The number of amides is 2. The number of fused-ring (bicyclic) bond motifs is 3. The standard InChI is InChI=1S/C22H22Cl2F2N4O4/c23-13-2-1-12(7-14(13)24)34-11-18(32)29-22-5-3-21(4-6-22,8-17(22)31)30-20(33)16-10-27-15(9-28-16)19(25)26/h1-2,7,9-10,17,19,31H,3-6,8,11H2,(H,29,32)(H,30,33)/t17-,21?,22?/m0/s1. The van der Waals surface area contributed by atoms with E-state index in [0.29, 0.717) is 41.5 Å². The van der Waals surface area contributed by atoms with Crippen LogP contribution >= 0.6 is 23.2 Å². The Hall–Kier alpha value is -2.56. The molecule has 3 aliphatic carbocycles. The van der Waals surface area contributed by atoms with E-state index >= 15 is 0 Å². The smallest absolute Gasteiger partial charge is 0.281 e. The number of nitrogens with one attached hydrogen (secondary N) is 2. The van der Waals surface area contributed by atoms with Gasteiger partial charge in [0.15, 0.2) is 6.61 Å². The van der Waals surface area contributed by atoms with Crippen molar-refractivity contribution in [1.29, 1.82) is 0 Å². The number of alkyl halides is 2. The highest BCUT2D eigenvalue weighted by molar-refractivity contribution is 6.42. The van der Waals surface area contributed by atoms with Crippen molar-refractivity contribution in [2.75, 3.05) is 6.61 Å². The number of hydrogen-bond donors (Lipinski definition) is 3. The van der Waals surface area contributed by atoms with Gasteiger partial charge in [-0.15, -0.1) is 0 Å². The van der Waals surface area contributed by atoms with Gasteiger partial charge in [0, 0.05) is 11.6 Å². The van der Waals surface area contributed by atoms with Crippen molar-refractivity contribution in [3.8, 4) is 5.75 Å². The molecule has 3 aliphatic rings. The number of carbonyl (C=O) groups is 2. The molecule has 2 aromatic rings. The van der Waals surface area contributed by atoms with Crippen molar-refractivity contribution >= 4 is 35.0 Å². The number of benzene rings is 1. The van der Waals surface area contributed by atoms with Crippen LogP contribution < -0.4 is 15.4 Å². The predicted octanol–water partition coefficient (Wildman–Crippen LogP) is 3.46. The molecule has 8 nitrogen and oxygen atoms in total. The summed E-state index contributed by atoms with van der Waals surface area (Å²) in [6, 6.07) is 4.67. The van der Waals surface area contributed by atoms with Crippen molar-refractivity contribution in [2.24, 2.45) is 0 Å². The summed E-state index contributed by atoms with van der Waals surface area (Å²) in [7, 11) is 0. The van der Waals surface area contributed by atoms with E-state index in [2.05, 4.69) is 20.6 Å². The number of carbonyl (C=O) groups excluding carboxylic acids is 2. The molecular formula is C22H22Cl2F2N4O4. The SMILES string of the molecule is O=C(COc1ccc(Cl)c(Cl)c1)NC12CCC(NC(=O)c3cnc(C(F)F)cn3)(CC1)C[C@@H]2O. The summed E-state index contributed by atoms with van der Waals surface area (Å²) in [6.45, 7) is -0.262. The number of aliphatic hydroxyl groups excluding tert-OH is 1. The molecule has 1 aromatic heterocycles. The van der Waals surface area contributed by atoms with Crippen LogP contribution in [0.2, 0.25) is 10.0 Å². The molecule has 0 saturated heterocycles. The first-order valence-corrected chi connectivity index (χ1v) is 11.4. The van der Waals surface area contributed by atoms with E-state index in [1.807, 2.05) is 0 Å². The van der Waals surface area contributed by atoms with Crippen molar-refractivity contribution in [2.45, 2.75) is 55.7 Å². The lowest BCUT2D eigenvalue weighted by molar-refractivity contribution is -0.132. The summed E-state index contributed by atoms with van der Waals surface area (Å²) in [6.07, 6.45) is 0.381. The van der Waals surface area contributed by atoms with Crippen LogP contribution in [0.4, 0.5) is 8.78 Å². The maximum absolute atomic E-state index is 12.6. The van der Waals surface area contributed by atoms with Gasteiger partial charge in [-0.3, -0.25) is 14.6 Å². The fraction of sp³-hybridized carbons (Fsp3) is 0.455. The van der Waals surface area contributed by atoms with Gasteiger partial charge >= 0.3 is 0 Å². The van der Waals surface area contributed by atoms with E-state index in [0.717, 1.165) is 12.4 Å². The second-order valence-electron chi connectivity index (χ2n) is 8.65. The Morgan fingerprint density at radius 1 is 1.12 bits per heavy atom. The summed E-state index contributed by atoms with van der Waals surface area (Å²) >= 11 is 11.8. The van der Waals surface area contributed by atoms with Gasteiger partial charge in [0.25, 0.3) is 18.2 Å². The van der Waals surface area contributed by atoms with Crippen LogP contribution in [0.5, 0.6) is 5.75 Å². The maximum atomic E-state index is 12.6. The van der Waals surface area contributed by atoms with Gasteiger partial charge in [-0.25, -0.2) is 13.8 Å². The fourth-order valence-electron chi connectivity index (χ4n) is 4.56. The lowest BCUT2D eigenvalue weighted by atomic mass is 9.60. The highest BCUT2D eigenvalue weighted by Crippen LogP contribution is 2.47. The molecule has 3 saturated carbocycles. The molecule has 182 valence electrons. The average molecular weight is 515 g/mol. The minimum atomic E-state index is -2.77. The monoisotopic (exact) mass is 514 g/mol. The van der Waals surface area contributed by atoms with Crippen molar-refractivity contribution in [1.82, 2.24) is 20.6 Å². The quantitative estimate of drug-likeness (QED) is 0.521. The lowest BCUT2D eigenvalue weighted by Crippen LogP contribution is -2.70. The summed E-state index contributed by atoms with van der Waals surface area (Å²) in [5.74, 6) is -0.548. The normalized spacial score (nSPS) is 25.8. The van der Waals surface area contributed by atoms with E-state index in [4.69, 9.17) is 27.9 Å². The average Bonchev–Trinajstić information content (AvgIpc) is 2.81. The number of rotatable bonds is 7. The summed E-state index contributed by atoms with van der Waals surface area (Å²) in [5, 5.41) is 17.3. The van der Waals surface area contributed by atoms with Crippen LogP contribution in [0, 0.1) is 0 Å². The van der Waals surface area contributed by atoms with Crippen LogP contribution in [0.3, 0.4) is 0 Å². The number of hydrogen-bond acceptors (Lipinski definition) is 6. The van der Waals surface area contributed by atoms with Gasteiger partial charge in [0.05, 0.1) is 34.1 Å². The number of aliphatic hydroxyl groups is 1. The van der Waals surface area contributed by atoms with Gasteiger partial charge in [-0.05, 0) is 44.2 Å². The number of aromatic nitrogens is 2. The highest BCUT2D eigenvalue weighted by Gasteiger charge is 2.55. The van der Waals surface area contributed by atoms with Gasteiger partial charge < -0.3 is 20.5 Å². The van der Waals surface area contributed by atoms with E-state index in [1.54, 1.807) is 12.1 Å². The van der Waals surface area contributed by atoms with Gasteiger partial charge in [0.2, 0.25) is 0 Å². The Morgan fingerprint density at radius 2 is 1.85 bits per heavy atom. The third kappa shape index (κ3) is 5.08. The molecule has 0 unspecified atom stereocenters. The second kappa shape index (κ2) is 9.59. The van der Waals surface area contributed by atoms with Crippen LogP contribution in [0.15, 0.2) is 30.6 Å². The molecule has 0 radical (unpaired) electrons. The fourth-order valence-corrected chi connectivity index (χ4v) is 4.85. The number of halogens is 4. The van der Waals surface area contributed by atoms with Gasteiger partial charge in [0.1, 0.15) is 17.1 Å². The third-order valence-corrected chi connectivity index (χ3v) is 7.22. The third-order valence-electron chi connectivity index (χ3n) is 6.48. The number of ether oxygens (including phenoxy) is 1. The summed E-state index contributed by atoms with van der Waals surface area (Å²) in [4.78, 5) is 32.5. The molecule has 2 bridgehead atoms. The highest BCUT2D eigenvalue weighted by atomic mass is 35.5. The molecule has 3 N–H and O–H groups in total.